The number of nitrogens with one attached hydrogen (secondary N) is 4. The summed E-state index contributed by atoms with van der Waals surface area (Å²) in [4.78, 5) is 67.8. The van der Waals surface area contributed by atoms with E-state index >= 15 is 0 Å². The maximum Gasteiger partial charge on any atom is 0.255 e. The van der Waals surface area contributed by atoms with Crippen LogP contribution in [0.3, 0.4) is 0 Å². The predicted octanol–water partition coefficient (Wildman–Crippen LogP) is 4.34. The molecule has 3 saturated heterocycles. The van der Waals surface area contributed by atoms with Crippen molar-refractivity contribution in [2.45, 2.75) is 44.3 Å². The van der Waals surface area contributed by atoms with Crippen molar-refractivity contribution >= 4 is 86.4 Å². The number of carbonyl (C=O) groups excluding carboxylic acids is 4. The molecule has 4 aliphatic rings. The van der Waals surface area contributed by atoms with Crippen LogP contribution >= 0.6 is 11.6 Å². The van der Waals surface area contributed by atoms with Crippen molar-refractivity contribution in [2.24, 2.45) is 0 Å². The molecule has 0 radical (unpaired) electrons. The maximum atomic E-state index is 13.1. The largest absolute Gasteiger partial charge is 0.494 e. The minimum Gasteiger partial charge on any atom is -0.494 e. The number of hydrogen-bond acceptors (Lipinski definition) is 13. The number of benzene rings is 3. The number of rotatable bonds is 13. The molecular weight excluding hydrogens is 834 g/mol. The first-order chi connectivity index (χ1) is 29.9. The molecule has 2 unspecified atom stereocenters. The Morgan fingerprint density at radius 1 is 0.968 bits per heavy atom. The van der Waals surface area contributed by atoms with Crippen molar-refractivity contribution in [1.29, 1.82) is 0 Å². The van der Waals surface area contributed by atoms with E-state index in [2.05, 4.69) is 52.0 Å². The Morgan fingerprint density at radius 2 is 1.74 bits per heavy atom. The standard InChI is InChI=1S/C43H50ClN11O6S/c1-51(62(3)60)35-7-5-4-6-33(35)47-40-32(44)24-45-43(50-40)48-34-11-9-30(23-37(34)61-2)53-16-14-29(15-17-53)54-20-18-52(19-21-54)26-39(57)46-28-8-10-31-27(22-28)25-55(42(31)59)36-12-13-38(56)49-41(36)58/h4-11,22-24,29,36H,12-21,25-26H2,1-3H3,(H,46,57)(H,49,56,58)(H2,45,47,48,50). The van der Waals surface area contributed by atoms with Gasteiger partial charge in [0, 0.05) is 94.6 Å². The van der Waals surface area contributed by atoms with Gasteiger partial charge in [-0.05, 0) is 67.3 Å². The number of fused-ring (bicyclic) bond motifs is 1. The van der Waals surface area contributed by atoms with E-state index in [9.17, 15) is 23.4 Å². The third kappa shape index (κ3) is 9.47. The first-order valence-corrected chi connectivity index (χ1v) is 22.5. The van der Waals surface area contributed by atoms with Crippen LogP contribution in [0.15, 0.2) is 66.9 Å². The zero-order chi connectivity index (χ0) is 43.5. The highest BCUT2D eigenvalue weighted by Gasteiger charge is 2.39. The van der Waals surface area contributed by atoms with E-state index in [0.717, 1.165) is 69.0 Å². The Hall–Kier alpha value is -5.82. The number of piperidine rings is 2. The van der Waals surface area contributed by atoms with Crippen molar-refractivity contribution < 1.29 is 28.1 Å². The molecule has 4 N–H and O–H groups in total. The lowest BCUT2D eigenvalue weighted by Gasteiger charge is -2.43. The van der Waals surface area contributed by atoms with E-state index in [4.69, 9.17) is 16.3 Å². The van der Waals surface area contributed by atoms with Crippen molar-refractivity contribution in [3.8, 4) is 5.75 Å². The summed E-state index contributed by atoms with van der Waals surface area (Å²) in [5, 5.41) is 12.2. The minimum absolute atomic E-state index is 0.116. The van der Waals surface area contributed by atoms with Crippen LogP contribution in [-0.2, 0) is 31.9 Å². The summed E-state index contributed by atoms with van der Waals surface area (Å²) < 4.78 is 19.6. The van der Waals surface area contributed by atoms with Gasteiger partial charge in [-0.1, -0.05) is 23.7 Å². The third-order valence-electron chi connectivity index (χ3n) is 12.0. The number of amides is 4. The number of ether oxygens (including phenoxy) is 1. The molecule has 0 saturated carbocycles. The summed E-state index contributed by atoms with van der Waals surface area (Å²) in [5.74, 6) is 0.247. The maximum absolute atomic E-state index is 13.1. The Balaban J connectivity index is 0.799. The number of methoxy groups -OCH3 is 1. The molecule has 2 atom stereocenters. The van der Waals surface area contributed by atoms with Crippen LogP contribution in [-0.4, -0.2) is 131 Å². The minimum atomic E-state index is -1.22. The number of piperazine rings is 1. The molecule has 326 valence electrons. The van der Waals surface area contributed by atoms with E-state index in [0.29, 0.717) is 57.6 Å². The molecular formula is C43H50ClN11O6S. The molecule has 0 aliphatic carbocycles. The number of nitrogens with zero attached hydrogens (tertiary/aromatic N) is 7. The Morgan fingerprint density at radius 3 is 2.48 bits per heavy atom. The van der Waals surface area contributed by atoms with Crippen LogP contribution in [0.1, 0.15) is 41.6 Å². The third-order valence-corrected chi connectivity index (χ3v) is 13.2. The number of para-hydroxylation sites is 2. The lowest BCUT2D eigenvalue weighted by molar-refractivity contribution is -0.137. The van der Waals surface area contributed by atoms with Gasteiger partial charge in [-0.2, -0.15) is 4.98 Å². The highest BCUT2D eigenvalue weighted by molar-refractivity contribution is 7.85. The number of imide groups is 1. The van der Waals surface area contributed by atoms with Gasteiger partial charge in [-0.25, -0.2) is 9.19 Å². The first-order valence-electron chi connectivity index (χ1n) is 20.6. The number of anilines is 7. The highest BCUT2D eigenvalue weighted by Crippen LogP contribution is 2.36. The summed E-state index contributed by atoms with van der Waals surface area (Å²) in [6.45, 7) is 5.68. The summed E-state index contributed by atoms with van der Waals surface area (Å²) in [5.41, 5.74) is 5.07. The van der Waals surface area contributed by atoms with Crippen molar-refractivity contribution in [1.82, 2.24) is 30.0 Å². The van der Waals surface area contributed by atoms with E-state index in [1.807, 2.05) is 36.4 Å². The van der Waals surface area contributed by atoms with Crippen LogP contribution in [0.4, 0.5) is 40.2 Å². The number of hydrogen-bond donors (Lipinski definition) is 4. The number of halogens is 1. The van der Waals surface area contributed by atoms with Gasteiger partial charge in [0.05, 0.1) is 36.9 Å². The summed E-state index contributed by atoms with van der Waals surface area (Å²) >= 11 is 6.50. The molecule has 4 aliphatic heterocycles. The molecule has 0 spiro atoms. The zero-order valence-electron chi connectivity index (χ0n) is 34.9. The van der Waals surface area contributed by atoms with Gasteiger partial charge in [-0.3, -0.25) is 38.6 Å². The smallest absolute Gasteiger partial charge is 0.255 e. The normalized spacial score (nSPS) is 19.2. The van der Waals surface area contributed by atoms with Crippen molar-refractivity contribution in [3.63, 3.8) is 0 Å². The second kappa shape index (κ2) is 18.7. The lowest BCUT2D eigenvalue weighted by atomic mass is 10.0. The second-order valence-corrected chi connectivity index (χ2v) is 17.6. The van der Waals surface area contributed by atoms with E-state index in [1.54, 1.807) is 42.9 Å². The van der Waals surface area contributed by atoms with Crippen LogP contribution in [0.5, 0.6) is 5.75 Å². The predicted molar refractivity (Wildman–Crippen MR) is 240 cm³/mol. The Bertz CT molecular complexity index is 2390. The van der Waals surface area contributed by atoms with Crippen LogP contribution in [0.25, 0.3) is 0 Å². The van der Waals surface area contributed by atoms with Gasteiger partial charge in [0.25, 0.3) is 5.91 Å². The molecule has 19 heteroatoms. The molecule has 17 nitrogen and oxygen atoms in total. The molecule has 5 heterocycles. The van der Waals surface area contributed by atoms with Gasteiger partial charge in [0.15, 0.2) is 5.82 Å². The fourth-order valence-electron chi connectivity index (χ4n) is 8.57. The fraction of sp³-hybridized carbons (Fsp3) is 0.395. The van der Waals surface area contributed by atoms with Crippen LogP contribution in [0, 0.1) is 0 Å². The summed E-state index contributed by atoms with van der Waals surface area (Å²) in [6.07, 6.45) is 5.68. The molecule has 8 rings (SSSR count). The van der Waals surface area contributed by atoms with Gasteiger partial charge in [-0.15, -0.1) is 0 Å². The Kier molecular flexibility index (Phi) is 12.9. The molecule has 3 fully saturated rings. The van der Waals surface area contributed by atoms with Crippen LogP contribution < -0.4 is 35.2 Å². The zero-order valence-corrected chi connectivity index (χ0v) is 36.4. The number of carbonyl (C=O) groups is 4. The monoisotopic (exact) mass is 883 g/mol. The molecule has 1 aromatic heterocycles. The van der Waals surface area contributed by atoms with E-state index < -0.39 is 22.9 Å². The summed E-state index contributed by atoms with van der Waals surface area (Å²) in [6, 6.07) is 18.5. The average molecular weight is 884 g/mol. The van der Waals surface area contributed by atoms with Crippen molar-refractivity contribution in [3.05, 3.63) is 83.0 Å². The highest BCUT2D eigenvalue weighted by atomic mass is 35.5. The first kappa shape index (κ1) is 42.9. The molecule has 4 amide bonds. The SMILES string of the molecule is COc1cc(N2CCC(N3CCN(CC(=O)Nc4ccc5c(c4)CN(C4CCC(=O)NC4=O)C5=O)CC3)CC2)ccc1Nc1ncc(Cl)c(Nc2ccccc2N(C)S(C)=O)n1. The molecule has 0 bridgehead atoms. The average Bonchev–Trinajstić information content (AvgIpc) is 3.59. The quantitative estimate of drug-likeness (QED) is 0.139. The second-order valence-electron chi connectivity index (χ2n) is 15.8. The van der Waals surface area contributed by atoms with Gasteiger partial charge in [0.1, 0.15) is 27.8 Å². The molecule has 3 aromatic carbocycles. The van der Waals surface area contributed by atoms with E-state index in [-0.39, 0.29) is 37.2 Å². The van der Waals surface area contributed by atoms with Crippen molar-refractivity contribution in [2.75, 3.05) is 91.4 Å². The fourth-order valence-corrected chi connectivity index (χ4v) is 9.14. The molecule has 62 heavy (non-hydrogen) atoms. The van der Waals surface area contributed by atoms with E-state index in [1.165, 1.54) is 11.1 Å². The molecule has 4 aromatic rings. The van der Waals surface area contributed by atoms with Gasteiger partial charge < -0.3 is 30.5 Å². The Labute approximate surface area is 367 Å². The van der Waals surface area contributed by atoms with Crippen LogP contribution in [0.2, 0.25) is 5.02 Å². The van der Waals surface area contributed by atoms with Gasteiger partial charge in [0.2, 0.25) is 23.7 Å². The van der Waals surface area contributed by atoms with Gasteiger partial charge >= 0.3 is 0 Å². The number of aromatic nitrogens is 2. The topological polar surface area (TPSA) is 185 Å². The summed E-state index contributed by atoms with van der Waals surface area (Å²) in [7, 11) is 2.17. The lowest BCUT2D eigenvalue weighted by Crippen LogP contribution is -2.54.